The molecule has 0 aliphatic heterocycles. The van der Waals surface area contributed by atoms with Crippen molar-refractivity contribution in [3.8, 4) is 11.4 Å². The van der Waals surface area contributed by atoms with Crippen molar-refractivity contribution in [2.75, 3.05) is 5.73 Å². The van der Waals surface area contributed by atoms with Crippen LogP contribution in [-0.4, -0.2) is 14.5 Å². The molecule has 0 radical (unpaired) electrons. The highest BCUT2D eigenvalue weighted by molar-refractivity contribution is 9.10. The van der Waals surface area contributed by atoms with E-state index in [2.05, 4.69) is 46.3 Å². The van der Waals surface area contributed by atoms with Crippen molar-refractivity contribution in [1.82, 2.24) is 14.5 Å². The van der Waals surface area contributed by atoms with Gasteiger partial charge in [0.05, 0.1) is 11.7 Å². The highest BCUT2D eigenvalue weighted by atomic mass is 79.9. The predicted molar refractivity (Wildman–Crippen MR) is 90.1 cm³/mol. The monoisotopic (exact) mass is 344 g/mol. The van der Waals surface area contributed by atoms with Crippen LogP contribution in [0.5, 0.6) is 0 Å². The number of imidazole rings is 1. The Bertz CT molecular complexity index is 815. The molecule has 1 aromatic carbocycles. The van der Waals surface area contributed by atoms with Gasteiger partial charge in [-0.3, -0.25) is 4.98 Å². The molecule has 3 aromatic rings. The molecule has 0 aliphatic rings. The summed E-state index contributed by atoms with van der Waals surface area (Å²) >= 11 is 3.43. The first-order valence-corrected chi connectivity index (χ1v) is 7.55. The van der Waals surface area contributed by atoms with Crippen molar-refractivity contribution in [2.24, 2.45) is 0 Å². The molecule has 0 bridgehead atoms. The molecule has 0 atom stereocenters. The van der Waals surface area contributed by atoms with Gasteiger partial charge in [0.2, 0.25) is 0 Å². The lowest BCUT2D eigenvalue weighted by Crippen LogP contribution is -2.22. The molecule has 4 nitrogen and oxygen atoms in total. The first-order valence-electron chi connectivity index (χ1n) is 6.76. The summed E-state index contributed by atoms with van der Waals surface area (Å²) in [5, 5.41) is 0. The summed E-state index contributed by atoms with van der Waals surface area (Å²) in [5.74, 6) is 0.907. The number of halogens is 1. The first kappa shape index (κ1) is 14.1. The summed E-state index contributed by atoms with van der Waals surface area (Å²) in [6.07, 6.45) is 3.59. The van der Waals surface area contributed by atoms with Gasteiger partial charge in [-0.15, -0.1) is 0 Å². The number of aromatic nitrogens is 3. The van der Waals surface area contributed by atoms with Gasteiger partial charge in [0.15, 0.2) is 0 Å². The average Bonchev–Trinajstić information content (AvgIpc) is 2.81. The number of hydrogen-bond donors (Lipinski definition) is 1. The second-order valence-corrected chi connectivity index (χ2v) is 6.90. The number of nitrogen functional groups attached to an aromatic ring is 1. The molecule has 2 aromatic heterocycles. The van der Waals surface area contributed by atoms with Gasteiger partial charge in [-0.05, 0) is 61.0 Å². The van der Waals surface area contributed by atoms with E-state index in [1.807, 2.05) is 24.3 Å². The molecule has 0 saturated carbocycles. The highest BCUT2D eigenvalue weighted by Crippen LogP contribution is 2.33. The molecular weight excluding hydrogens is 328 g/mol. The molecule has 108 valence electrons. The van der Waals surface area contributed by atoms with Gasteiger partial charge in [0.25, 0.3) is 0 Å². The molecule has 0 aliphatic carbocycles. The average molecular weight is 345 g/mol. The topological polar surface area (TPSA) is 56.7 Å². The Morgan fingerprint density at radius 3 is 2.62 bits per heavy atom. The highest BCUT2D eigenvalue weighted by Gasteiger charge is 2.22. The largest absolute Gasteiger partial charge is 0.398 e. The van der Waals surface area contributed by atoms with Crippen molar-refractivity contribution >= 4 is 32.7 Å². The number of hydrogen-bond acceptors (Lipinski definition) is 3. The Balaban J connectivity index is 2.33. The predicted octanol–water partition coefficient (Wildman–Crippen LogP) is 4.20. The molecule has 2 heterocycles. The lowest BCUT2D eigenvalue weighted by atomic mass is 10.1. The molecule has 0 spiro atoms. The molecule has 2 N–H and O–H groups in total. The van der Waals surface area contributed by atoms with Crippen molar-refractivity contribution in [2.45, 2.75) is 26.3 Å². The number of pyridine rings is 1. The molecule has 3 rings (SSSR count). The number of nitrogens with two attached hydrogens (primary N) is 1. The zero-order valence-electron chi connectivity index (χ0n) is 12.3. The standard InChI is InChI=1S/C16H17BrN4/c1-16(2,3)21-14-6-7-19-9-13(14)20-15(21)10-4-5-11(17)12(18)8-10/h4-9H,18H2,1-3H3. The van der Waals surface area contributed by atoms with Gasteiger partial charge in [0.1, 0.15) is 11.3 Å². The molecular formula is C16H17BrN4. The van der Waals surface area contributed by atoms with Crippen LogP contribution in [0.2, 0.25) is 0 Å². The molecule has 0 unspecified atom stereocenters. The van der Waals surface area contributed by atoms with Gasteiger partial charge in [-0.1, -0.05) is 0 Å². The fourth-order valence-corrected chi connectivity index (χ4v) is 2.73. The third-order valence-electron chi connectivity index (χ3n) is 3.38. The molecule has 21 heavy (non-hydrogen) atoms. The molecule has 0 fully saturated rings. The third-order valence-corrected chi connectivity index (χ3v) is 4.10. The SMILES string of the molecule is CC(C)(C)n1c(-c2ccc(Br)c(N)c2)nc2cnccc21. The van der Waals surface area contributed by atoms with Crippen LogP contribution in [0.4, 0.5) is 5.69 Å². The van der Waals surface area contributed by atoms with E-state index in [1.165, 1.54) is 0 Å². The maximum absolute atomic E-state index is 6.02. The molecule has 0 amide bonds. The van der Waals surface area contributed by atoms with Gasteiger partial charge in [-0.2, -0.15) is 0 Å². The van der Waals surface area contributed by atoms with E-state index in [-0.39, 0.29) is 5.54 Å². The zero-order valence-corrected chi connectivity index (χ0v) is 13.8. The first-order chi connectivity index (χ1) is 9.88. The lowest BCUT2D eigenvalue weighted by Gasteiger charge is -2.24. The molecule has 0 saturated heterocycles. The molecule has 5 heteroatoms. The van der Waals surface area contributed by atoms with Gasteiger partial charge in [0, 0.05) is 27.5 Å². The summed E-state index contributed by atoms with van der Waals surface area (Å²) in [6.45, 7) is 6.50. The smallest absolute Gasteiger partial charge is 0.141 e. The maximum Gasteiger partial charge on any atom is 0.141 e. The Morgan fingerprint density at radius 1 is 1.19 bits per heavy atom. The quantitative estimate of drug-likeness (QED) is 0.673. The van der Waals surface area contributed by atoms with E-state index in [0.717, 1.165) is 26.9 Å². The van der Waals surface area contributed by atoms with Crippen LogP contribution >= 0.6 is 15.9 Å². The van der Waals surface area contributed by atoms with Crippen LogP contribution in [0.25, 0.3) is 22.4 Å². The number of rotatable bonds is 1. The van der Waals surface area contributed by atoms with Crippen LogP contribution in [0.15, 0.2) is 41.1 Å². The van der Waals surface area contributed by atoms with Crippen LogP contribution < -0.4 is 5.73 Å². The Labute approximate surface area is 132 Å². The number of fused-ring (bicyclic) bond motifs is 1. The van der Waals surface area contributed by atoms with E-state index in [1.54, 1.807) is 12.4 Å². The van der Waals surface area contributed by atoms with Crippen LogP contribution in [0, 0.1) is 0 Å². The van der Waals surface area contributed by atoms with Crippen molar-refractivity contribution < 1.29 is 0 Å². The van der Waals surface area contributed by atoms with Gasteiger partial charge in [-0.25, -0.2) is 4.98 Å². The Kier molecular flexibility index (Phi) is 3.24. The number of anilines is 1. The second kappa shape index (κ2) is 4.84. The summed E-state index contributed by atoms with van der Waals surface area (Å²) in [6, 6.07) is 7.92. The van der Waals surface area contributed by atoms with Crippen molar-refractivity contribution in [1.29, 1.82) is 0 Å². The fraction of sp³-hybridized carbons (Fsp3) is 0.250. The zero-order chi connectivity index (χ0) is 15.2. The minimum Gasteiger partial charge on any atom is -0.398 e. The van der Waals surface area contributed by atoms with Gasteiger partial charge < -0.3 is 10.3 Å². The van der Waals surface area contributed by atoms with E-state index in [4.69, 9.17) is 10.7 Å². The minimum absolute atomic E-state index is 0.0900. The maximum atomic E-state index is 6.02. The number of nitrogens with zero attached hydrogens (tertiary/aromatic N) is 3. The van der Waals surface area contributed by atoms with E-state index in [9.17, 15) is 0 Å². The lowest BCUT2D eigenvalue weighted by molar-refractivity contribution is 0.413. The number of benzene rings is 1. The van der Waals surface area contributed by atoms with Crippen molar-refractivity contribution in [3.63, 3.8) is 0 Å². The van der Waals surface area contributed by atoms with E-state index < -0.39 is 0 Å². The van der Waals surface area contributed by atoms with Gasteiger partial charge >= 0.3 is 0 Å². The van der Waals surface area contributed by atoms with Crippen LogP contribution in [0.1, 0.15) is 20.8 Å². The van der Waals surface area contributed by atoms with Crippen LogP contribution in [-0.2, 0) is 5.54 Å². The Morgan fingerprint density at radius 2 is 1.95 bits per heavy atom. The van der Waals surface area contributed by atoms with E-state index in [0.29, 0.717) is 5.69 Å². The second-order valence-electron chi connectivity index (χ2n) is 6.04. The van der Waals surface area contributed by atoms with Crippen LogP contribution in [0.3, 0.4) is 0 Å². The third kappa shape index (κ3) is 2.42. The van der Waals surface area contributed by atoms with E-state index >= 15 is 0 Å². The summed E-state index contributed by atoms with van der Waals surface area (Å²) < 4.78 is 3.12. The fourth-order valence-electron chi connectivity index (χ4n) is 2.49. The summed E-state index contributed by atoms with van der Waals surface area (Å²) in [7, 11) is 0. The summed E-state index contributed by atoms with van der Waals surface area (Å²) in [5.41, 5.74) is 9.60. The Hall–Kier alpha value is -1.88. The summed E-state index contributed by atoms with van der Waals surface area (Å²) in [4.78, 5) is 8.92. The minimum atomic E-state index is -0.0900. The van der Waals surface area contributed by atoms with Crippen molar-refractivity contribution in [3.05, 3.63) is 41.1 Å². The normalized spacial score (nSPS) is 12.0.